The van der Waals surface area contributed by atoms with Gasteiger partial charge in [-0.1, -0.05) is 6.07 Å². The van der Waals surface area contributed by atoms with Crippen molar-refractivity contribution in [3.63, 3.8) is 0 Å². The Kier molecular flexibility index (Phi) is 4.13. The largest absolute Gasteiger partial charge is 0.493 e. The number of likely N-dealkylation sites (tertiary alicyclic amines) is 1. The minimum atomic E-state index is -0.278. The summed E-state index contributed by atoms with van der Waals surface area (Å²) in [6, 6.07) is 10.2. The zero-order valence-electron chi connectivity index (χ0n) is 14.0. The fourth-order valence-corrected chi connectivity index (χ4v) is 3.94. The fourth-order valence-electron chi connectivity index (χ4n) is 3.94. The first-order valence-corrected chi connectivity index (χ1v) is 8.43. The van der Waals surface area contributed by atoms with Crippen LogP contribution in [0.25, 0.3) is 0 Å². The second-order valence-electron chi connectivity index (χ2n) is 6.69. The van der Waals surface area contributed by atoms with Crippen LogP contribution in [0.3, 0.4) is 0 Å². The molecule has 3 heterocycles. The van der Waals surface area contributed by atoms with E-state index in [1.165, 1.54) is 12.1 Å². The molecule has 0 saturated carbocycles. The van der Waals surface area contributed by atoms with Crippen molar-refractivity contribution in [3.8, 4) is 5.75 Å². The zero-order chi connectivity index (χ0) is 17.4. The van der Waals surface area contributed by atoms with Crippen LogP contribution in [0.2, 0.25) is 0 Å². The van der Waals surface area contributed by atoms with Gasteiger partial charge in [0.05, 0.1) is 24.8 Å². The lowest BCUT2D eigenvalue weighted by Gasteiger charge is -2.33. The van der Waals surface area contributed by atoms with E-state index in [9.17, 15) is 9.18 Å². The van der Waals surface area contributed by atoms with E-state index in [2.05, 4.69) is 15.2 Å². The summed E-state index contributed by atoms with van der Waals surface area (Å²) in [5.41, 5.74) is 1.66. The van der Waals surface area contributed by atoms with Crippen molar-refractivity contribution < 1.29 is 13.9 Å². The highest BCUT2D eigenvalue weighted by Crippen LogP contribution is 2.46. The molecule has 1 fully saturated rings. The predicted octanol–water partition coefficient (Wildman–Crippen LogP) is 2.15. The Labute approximate surface area is 145 Å². The summed E-state index contributed by atoms with van der Waals surface area (Å²) >= 11 is 0. The van der Waals surface area contributed by atoms with Gasteiger partial charge in [0.25, 0.3) is 0 Å². The smallest absolute Gasteiger partial charge is 0.225 e. The highest BCUT2D eigenvalue weighted by Gasteiger charge is 2.47. The van der Waals surface area contributed by atoms with E-state index in [0.29, 0.717) is 25.4 Å². The second-order valence-corrected chi connectivity index (χ2v) is 6.69. The van der Waals surface area contributed by atoms with Crippen molar-refractivity contribution in [1.82, 2.24) is 15.2 Å². The molecular formula is C19H20FN3O2. The lowest BCUT2D eigenvalue weighted by Crippen LogP contribution is -2.38. The van der Waals surface area contributed by atoms with Gasteiger partial charge in [0.2, 0.25) is 5.91 Å². The summed E-state index contributed by atoms with van der Waals surface area (Å²) in [5.74, 6) is 0.259. The number of halogens is 1. The molecule has 0 spiro atoms. The SMILES string of the molecule is CN1C[C@@H](C(=O)NCc2ccccn2)[C@@H]2COc3ccc(F)cc3[C@@H]21. The number of amides is 1. The number of benzene rings is 1. The van der Waals surface area contributed by atoms with Crippen molar-refractivity contribution in [1.29, 1.82) is 0 Å². The van der Waals surface area contributed by atoms with Gasteiger partial charge in [0.1, 0.15) is 11.6 Å². The van der Waals surface area contributed by atoms with Gasteiger partial charge in [0.15, 0.2) is 0 Å². The van der Waals surface area contributed by atoms with Crippen LogP contribution < -0.4 is 10.1 Å². The Morgan fingerprint density at radius 3 is 3.08 bits per heavy atom. The predicted molar refractivity (Wildman–Crippen MR) is 90.3 cm³/mol. The Balaban J connectivity index is 1.50. The number of carbonyl (C=O) groups is 1. The first-order chi connectivity index (χ1) is 12.1. The van der Waals surface area contributed by atoms with Crippen molar-refractivity contribution in [3.05, 3.63) is 59.7 Å². The van der Waals surface area contributed by atoms with E-state index in [-0.39, 0.29) is 29.6 Å². The zero-order valence-corrected chi connectivity index (χ0v) is 14.0. The van der Waals surface area contributed by atoms with Gasteiger partial charge in [-0.05, 0) is 37.4 Å². The maximum Gasteiger partial charge on any atom is 0.225 e. The monoisotopic (exact) mass is 341 g/mol. The van der Waals surface area contributed by atoms with Gasteiger partial charge in [-0.3, -0.25) is 14.7 Å². The van der Waals surface area contributed by atoms with E-state index in [1.54, 1.807) is 12.3 Å². The van der Waals surface area contributed by atoms with Crippen molar-refractivity contribution in [2.75, 3.05) is 20.2 Å². The minimum absolute atomic E-state index is 0.00468. The first-order valence-electron chi connectivity index (χ1n) is 8.43. The van der Waals surface area contributed by atoms with Crippen molar-refractivity contribution >= 4 is 5.91 Å². The normalized spacial score (nSPS) is 25.0. The van der Waals surface area contributed by atoms with E-state index in [0.717, 1.165) is 11.3 Å². The lowest BCUT2D eigenvalue weighted by atomic mass is 9.85. The highest BCUT2D eigenvalue weighted by atomic mass is 19.1. The molecular weight excluding hydrogens is 321 g/mol. The van der Waals surface area contributed by atoms with Gasteiger partial charge in [-0.2, -0.15) is 0 Å². The highest BCUT2D eigenvalue weighted by molar-refractivity contribution is 5.80. The number of nitrogens with one attached hydrogen (secondary N) is 1. The average Bonchev–Trinajstić information content (AvgIpc) is 2.98. The summed E-state index contributed by atoms with van der Waals surface area (Å²) in [6.07, 6.45) is 1.71. The van der Waals surface area contributed by atoms with Gasteiger partial charge in [0, 0.05) is 30.3 Å². The van der Waals surface area contributed by atoms with Gasteiger partial charge in [-0.25, -0.2) is 4.39 Å². The third-order valence-electron chi connectivity index (χ3n) is 5.11. The molecule has 1 amide bonds. The molecule has 0 radical (unpaired) electrons. The maximum absolute atomic E-state index is 13.7. The molecule has 0 unspecified atom stereocenters. The fraction of sp³-hybridized carbons (Fsp3) is 0.368. The lowest BCUT2D eigenvalue weighted by molar-refractivity contribution is -0.126. The number of fused-ring (bicyclic) bond motifs is 3. The minimum Gasteiger partial charge on any atom is -0.493 e. The van der Waals surface area contributed by atoms with Gasteiger partial charge < -0.3 is 10.1 Å². The Morgan fingerprint density at radius 2 is 2.28 bits per heavy atom. The molecule has 1 aromatic heterocycles. The summed E-state index contributed by atoms with van der Waals surface area (Å²) < 4.78 is 19.5. The van der Waals surface area contributed by atoms with Crippen LogP contribution in [0, 0.1) is 17.7 Å². The van der Waals surface area contributed by atoms with Crippen LogP contribution in [0.15, 0.2) is 42.6 Å². The number of rotatable bonds is 3. The molecule has 3 atom stereocenters. The molecule has 1 aromatic carbocycles. The number of carbonyl (C=O) groups excluding carboxylic acids is 1. The molecule has 4 rings (SSSR count). The molecule has 5 nitrogen and oxygen atoms in total. The average molecular weight is 341 g/mol. The second kappa shape index (κ2) is 6.44. The van der Waals surface area contributed by atoms with Crippen molar-refractivity contribution in [2.24, 2.45) is 11.8 Å². The molecule has 2 aliphatic heterocycles. The molecule has 130 valence electrons. The number of nitrogens with zero attached hydrogens (tertiary/aromatic N) is 2. The molecule has 2 aromatic rings. The van der Waals surface area contributed by atoms with E-state index < -0.39 is 0 Å². The third kappa shape index (κ3) is 2.98. The number of hydrogen-bond donors (Lipinski definition) is 1. The molecule has 1 saturated heterocycles. The van der Waals surface area contributed by atoms with Crippen LogP contribution in [0.1, 0.15) is 17.3 Å². The molecule has 25 heavy (non-hydrogen) atoms. The number of ether oxygens (including phenoxy) is 1. The number of pyridine rings is 1. The summed E-state index contributed by atoms with van der Waals surface area (Å²) in [7, 11) is 1.98. The van der Waals surface area contributed by atoms with Crippen molar-refractivity contribution in [2.45, 2.75) is 12.6 Å². The molecule has 0 bridgehead atoms. The number of aromatic nitrogens is 1. The molecule has 6 heteroatoms. The summed E-state index contributed by atoms with van der Waals surface area (Å²) in [6.45, 7) is 1.50. The van der Waals surface area contributed by atoms with Crippen LogP contribution in [-0.4, -0.2) is 36.0 Å². The van der Waals surface area contributed by atoms with Crippen LogP contribution >= 0.6 is 0 Å². The quantitative estimate of drug-likeness (QED) is 0.929. The van der Waals surface area contributed by atoms with Gasteiger partial charge >= 0.3 is 0 Å². The van der Waals surface area contributed by atoms with Crippen LogP contribution in [0.5, 0.6) is 5.75 Å². The Hall–Kier alpha value is -2.47. The molecule has 1 N–H and O–H groups in total. The van der Waals surface area contributed by atoms with Gasteiger partial charge in [-0.15, -0.1) is 0 Å². The Bertz CT molecular complexity index is 783. The molecule has 0 aliphatic carbocycles. The van der Waals surface area contributed by atoms with Crippen LogP contribution in [0.4, 0.5) is 4.39 Å². The van der Waals surface area contributed by atoms with Crippen LogP contribution in [-0.2, 0) is 11.3 Å². The maximum atomic E-state index is 13.7. The topological polar surface area (TPSA) is 54.5 Å². The summed E-state index contributed by atoms with van der Waals surface area (Å²) in [4.78, 5) is 19.0. The Morgan fingerprint density at radius 1 is 1.40 bits per heavy atom. The molecule has 2 aliphatic rings. The van der Waals surface area contributed by atoms with E-state index >= 15 is 0 Å². The number of hydrogen-bond acceptors (Lipinski definition) is 4. The third-order valence-corrected chi connectivity index (χ3v) is 5.11. The first kappa shape index (κ1) is 16.0. The van der Waals surface area contributed by atoms with E-state index in [4.69, 9.17) is 4.74 Å². The van der Waals surface area contributed by atoms with E-state index in [1.807, 2.05) is 25.2 Å². The standard InChI is InChI=1S/C19H20FN3O2/c1-23-10-15(19(24)22-9-13-4-2-3-7-21-13)16-11-25-17-6-5-12(20)8-14(17)18(16)23/h2-8,15-16,18H,9-11H2,1H3,(H,22,24)/t15-,16+,18+/m1/s1. The summed E-state index contributed by atoms with van der Waals surface area (Å²) in [5, 5.41) is 2.97.